The molecule has 0 unspecified atom stereocenters. The van der Waals surface area contributed by atoms with Crippen LogP contribution in [0.4, 0.5) is 0 Å². The normalized spacial score (nSPS) is 10.7. The van der Waals surface area contributed by atoms with Crippen molar-refractivity contribution in [1.82, 2.24) is 0 Å². The molecular weight excluding hydrogens is 168 g/mol. The first-order chi connectivity index (χ1) is 5.54. The Kier molecular flexibility index (Phi) is 2.22. The van der Waals surface area contributed by atoms with Gasteiger partial charge in [-0.2, -0.15) is 5.26 Å². The summed E-state index contributed by atoms with van der Waals surface area (Å²) in [6.45, 7) is 0. The van der Waals surface area contributed by atoms with Gasteiger partial charge in [-0.3, -0.25) is 5.14 Å². The Morgan fingerprint density at radius 2 is 1.75 bits per heavy atom. The van der Waals surface area contributed by atoms with Crippen molar-refractivity contribution in [3.05, 3.63) is 29.8 Å². The third-order valence-electron chi connectivity index (χ3n) is 1.45. The molecule has 1 aromatic rings. The van der Waals surface area contributed by atoms with Gasteiger partial charge in [-0.15, -0.1) is 9.39 Å². The summed E-state index contributed by atoms with van der Waals surface area (Å²) in [4.78, 5) is 0.904. The summed E-state index contributed by atoms with van der Waals surface area (Å²) in [5.41, 5.74) is 0.627. The van der Waals surface area contributed by atoms with Gasteiger partial charge in [-0.1, -0.05) is 11.7 Å². The second kappa shape index (κ2) is 3.02. The second-order valence-corrected chi connectivity index (χ2v) is 4.94. The van der Waals surface area contributed by atoms with Gasteiger partial charge in [0, 0.05) is 4.90 Å². The number of hydrogen-bond donors (Lipinski definition) is 1. The maximum atomic E-state index is 8.53. The summed E-state index contributed by atoms with van der Waals surface area (Å²) in [7, 11) is -1.64. The molecule has 12 heavy (non-hydrogen) atoms. The molecule has 0 amide bonds. The van der Waals surface area contributed by atoms with E-state index in [-0.39, 0.29) is 0 Å². The van der Waals surface area contributed by atoms with E-state index < -0.39 is 9.39 Å². The maximum Gasteiger partial charge on any atom is 0.0991 e. The molecule has 0 bridgehead atoms. The van der Waals surface area contributed by atoms with Crippen molar-refractivity contribution in [2.24, 2.45) is 5.14 Å². The summed E-state index contributed by atoms with van der Waals surface area (Å²) in [6.07, 6.45) is 0. The smallest absolute Gasteiger partial charge is 0.0991 e. The molecule has 62 valence electrons. The van der Waals surface area contributed by atoms with E-state index in [4.69, 9.17) is 10.4 Å². The molecule has 2 N–H and O–H groups in total. The first-order valence-electron chi connectivity index (χ1n) is 3.31. The molecule has 3 heteroatoms. The number of benzene rings is 1. The fourth-order valence-electron chi connectivity index (χ4n) is 0.800. The quantitative estimate of drug-likeness (QED) is 0.662. The lowest BCUT2D eigenvalue weighted by Crippen LogP contribution is -1.91. The Morgan fingerprint density at radius 1 is 1.25 bits per heavy atom. The predicted molar refractivity (Wildman–Crippen MR) is 55.4 cm³/mol. The molecule has 0 aliphatic heterocycles. The van der Waals surface area contributed by atoms with Crippen LogP contribution in [0.3, 0.4) is 0 Å². The molecule has 0 radical (unpaired) electrons. The average molecular weight is 178 g/mol. The minimum Gasteiger partial charge on any atom is -0.285 e. The van der Waals surface area contributed by atoms with Gasteiger partial charge in [0.05, 0.1) is 11.6 Å². The molecule has 0 aromatic heterocycles. The summed E-state index contributed by atoms with van der Waals surface area (Å²) in [6, 6.07) is 9.08. The van der Waals surface area contributed by atoms with Crippen molar-refractivity contribution < 1.29 is 0 Å². The fraction of sp³-hybridized carbons (Fsp3) is 0. The van der Waals surface area contributed by atoms with E-state index >= 15 is 0 Å². The van der Waals surface area contributed by atoms with Crippen molar-refractivity contribution in [3.63, 3.8) is 0 Å². The summed E-state index contributed by atoms with van der Waals surface area (Å²) >= 11 is 0. The number of hydrogen-bond acceptors (Lipinski definition) is 2. The summed E-state index contributed by atoms with van der Waals surface area (Å²) < 4.78 is 0. The van der Waals surface area contributed by atoms with E-state index in [1.807, 2.05) is 6.07 Å². The van der Waals surface area contributed by atoms with Gasteiger partial charge in [0.25, 0.3) is 0 Å². The minimum atomic E-state index is -1.64. The number of nitrogens with two attached hydrogens (primary N) is 1. The Bertz CT molecular complexity index is 407. The van der Waals surface area contributed by atoms with Crippen molar-refractivity contribution in [2.75, 3.05) is 0 Å². The fourth-order valence-corrected chi connectivity index (χ4v) is 1.48. The molecule has 1 aromatic carbocycles. The van der Waals surface area contributed by atoms with Crippen LogP contribution in [0, 0.1) is 11.3 Å². The highest BCUT2D eigenvalue weighted by Gasteiger charge is 1.94. The lowest BCUT2D eigenvalue weighted by Gasteiger charge is -2.06. The predicted octanol–water partition coefficient (Wildman–Crippen LogP) is 1.46. The van der Waals surface area contributed by atoms with E-state index in [9.17, 15) is 0 Å². The van der Waals surface area contributed by atoms with E-state index in [1.54, 1.807) is 24.3 Å². The van der Waals surface area contributed by atoms with Gasteiger partial charge in [0.2, 0.25) is 0 Å². The van der Waals surface area contributed by atoms with Crippen molar-refractivity contribution in [2.45, 2.75) is 4.90 Å². The second-order valence-electron chi connectivity index (χ2n) is 2.58. The van der Waals surface area contributed by atoms with Crippen LogP contribution in [0.5, 0.6) is 0 Å². The van der Waals surface area contributed by atoms with E-state index in [0.29, 0.717) is 5.56 Å². The third kappa shape index (κ3) is 1.88. The Balaban J connectivity index is 3.20. The zero-order valence-corrected chi connectivity index (χ0v) is 7.47. The Hall–Kier alpha value is -1.24. The zero-order chi connectivity index (χ0) is 9.19. The number of nitriles is 1. The minimum absolute atomic E-state index is 0.627. The molecular formula is C9H10N2S. The summed E-state index contributed by atoms with van der Waals surface area (Å²) in [5, 5.41) is 14.3. The standard InChI is InChI=1S/C9H10N2S/c1-12(2,11)9-5-3-8(7-10)4-6-9/h3-6H,1-2,11H2. The van der Waals surface area contributed by atoms with Gasteiger partial charge in [-0.05, 0) is 24.3 Å². The first kappa shape index (κ1) is 8.85. The van der Waals surface area contributed by atoms with Crippen LogP contribution in [0.1, 0.15) is 5.56 Å². The highest BCUT2D eigenvalue weighted by atomic mass is 32.2. The molecule has 0 saturated carbocycles. The van der Waals surface area contributed by atoms with Gasteiger partial charge in [0.1, 0.15) is 0 Å². The average Bonchev–Trinajstić information content (AvgIpc) is 2.03. The molecule has 1 rings (SSSR count). The van der Waals surface area contributed by atoms with Gasteiger partial charge >= 0.3 is 0 Å². The van der Waals surface area contributed by atoms with Gasteiger partial charge in [0.15, 0.2) is 0 Å². The van der Waals surface area contributed by atoms with E-state index in [0.717, 1.165) is 4.90 Å². The first-order valence-corrected chi connectivity index (χ1v) is 5.35. The number of nitrogens with zero attached hydrogens (tertiary/aromatic N) is 1. The lowest BCUT2D eigenvalue weighted by atomic mass is 10.2. The Morgan fingerprint density at radius 3 is 2.08 bits per heavy atom. The monoisotopic (exact) mass is 178 g/mol. The summed E-state index contributed by atoms with van der Waals surface area (Å²) in [5.74, 6) is 7.53. The third-order valence-corrected chi connectivity index (χ3v) is 2.66. The molecule has 0 aliphatic carbocycles. The molecule has 0 atom stereocenters. The molecule has 0 fully saturated rings. The van der Waals surface area contributed by atoms with Crippen molar-refractivity contribution >= 4 is 21.1 Å². The highest BCUT2D eigenvalue weighted by Crippen LogP contribution is 2.23. The van der Waals surface area contributed by atoms with Crippen molar-refractivity contribution in [1.29, 1.82) is 5.26 Å². The molecule has 0 aliphatic rings. The van der Waals surface area contributed by atoms with E-state index in [1.165, 1.54) is 0 Å². The Labute approximate surface area is 72.9 Å². The lowest BCUT2D eigenvalue weighted by molar-refractivity contribution is 1.41. The SMILES string of the molecule is C=S(=C)(N)c1ccc(C#N)cc1. The molecule has 0 heterocycles. The highest BCUT2D eigenvalue weighted by molar-refractivity contribution is 8.26. The van der Waals surface area contributed by atoms with Crippen LogP contribution in [0.2, 0.25) is 0 Å². The van der Waals surface area contributed by atoms with Crippen LogP contribution < -0.4 is 5.14 Å². The van der Waals surface area contributed by atoms with Gasteiger partial charge < -0.3 is 0 Å². The van der Waals surface area contributed by atoms with Crippen LogP contribution in [0.15, 0.2) is 29.2 Å². The maximum absolute atomic E-state index is 8.53. The van der Waals surface area contributed by atoms with Crippen LogP contribution in [-0.2, 0) is 0 Å². The topological polar surface area (TPSA) is 49.8 Å². The van der Waals surface area contributed by atoms with Crippen LogP contribution in [-0.4, -0.2) is 11.7 Å². The largest absolute Gasteiger partial charge is 0.285 e. The number of rotatable bonds is 1. The zero-order valence-electron chi connectivity index (χ0n) is 6.66. The van der Waals surface area contributed by atoms with Crippen LogP contribution in [0.25, 0.3) is 0 Å². The molecule has 0 spiro atoms. The molecule has 2 nitrogen and oxygen atoms in total. The van der Waals surface area contributed by atoms with Gasteiger partial charge in [-0.25, -0.2) is 0 Å². The van der Waals surface area contributed by atoms with E-state index in [2.05, 4.69) is 11.7 Å². The molecule has 0 saturated heterocycles. The van der Waals surface area contributed by atoms with Crippen molar-refractivity contribution in [3.8, 4) is 6.07 Å². The van der Waals surface area contributed by atoms with Crippen LogP contribution >= 0.6 is 9.39 Å².